The molecule has 0 unspecified atom stereocenters. The Labute approximate surface area is 118 Å². The van der Waals surface area contributed by atoms with Crippen molar-refractivity contribution in [2.24, 2.45) is 0 Å². The van der Waals surface area contributed by atoms with Crippen molar-refractivity contribution in [2.75, 3.05) is 14.2 Å². The molecule has 1 amide bonds. The molecule has 5 heteroatoms. The van der Waals surface area contributed by atoms with Crippen molar-refractivity contribution in [1.29, 1.82) is 0 Å². The van der Waals surface area contributed by atoms with Crippen LogP contribution in [0.1, 0.15) is 19.4 Å². The molecule has 0 spiro atoms. The highest BCUT2D eigenvalue weighted by Crippen LogP contribution is 2.36. The first-order valence-corrected chi connectivity index (χ1v) is 6.25. The maximum Gasteiger partial charge on any atom is 0.244 e. The standard InChI is InChI=1S/C14H18ClNO3/c1-9(2)16-13(17)6-5-10-7-11(15)14(19-4)12(8-10)18-3/h5-9H,1-4H3,(H,16,17)/b6-5+. The van der Waals surface area contributed by atoms with Crippen molar-refractivity contribution >= 4 is 23.6 Å². The van der Waals surface area contributed by atoms with Gasteiger partial charge in [0.2, 0.25) is 5.91 Å². The lowest BCUT2D eigenvalue weighted by Gasteiger charge is -2.10. The highest BCUT2D eigenvalue weighted by atomic mass is 35.5. The lowest BCUT2D eigenvalue weighted by Crippen LogP contribution is -2.28. The largest absolute Gasteiger partial charge is 0.493 e. The lowest BCUT2D eigenvalue weighted by molar-refractivity contribution is -0.116. The summed E-state index contributed by atoms with van der Waals surface area (Å²) < 4.78 is 10.3. The fraction of sp³-hybridized carbons (Fsp3) is 0.357. The molecule has 0 heterocycles. The zero-order valence-corrected chi connectivity index (χ0v) is 12.2. The number of rotatable bonds is 5. The fourth-order valence-corrected chi connectivity index (χ4v) is 1.83. The van der Waals surface area contributed by atoms with E-state index in [1.165, 1.54) is 20.3 Å². The van der Waals surface area contributed by atoms with E-state index in [9.17, 15) is 4.79 Å². The summed E-state index contributed by atoms with van der Waals surface area (Å²) in [7, 11) is 3.06. The number of carbonyl (C=O) groups excluding carboxylic acids is 1. The van der Waals surface area contributed by atoms with Crippen molar-refractivity contribution in [3.63, 3.8) is 0 Å². The van der Waals surface area contributed by atoms with Gasteiger partial charge in [-0.25, -0.2) is 0 Å². The molecule has 1 rings (SSSR count). The molecule has 0 aliphatic carbocycles. The minimum atomic E-state index is -0.152. The number of nitrogens with one attached hydrogen (secondary N) is 1. The summed E-state index contributed by atoms with van der Waals surface area (Å²) in [6, 6.07) is 3.57. The predicted molar refractivity (Wildman–Crippen MR) is 76.9 cm³/mol. The zero-order chi connectivity index (χ0) is 14.4. The first-order chi connectivity index (χ1) is 8.97. The molecule has 0 aliphatic heterocycles. The average molecular weight is 284 g/mol. The summed E-state index contributed by atoms with van der Waals surface area (Å²) in [5, 5.41) is 3.20. The van der Waals surface area contributed by atoms with Gasteiger partial charge in [0.25, 0.3) is 0 Å². The van der Waals surface area contributed by atoms with E-state index in [1.807, 2.05) is 13.8 Å². The van der Waals surface area contributed by atoms with Gasteiger partial charge in [0.1, 0.15) is 0 Å². The van der Waals surface area contributed by atoms with Gasteiger partial charge in [0.05, 0.1) is 19.2 Å². The van der Waals surface area contributed by atoms with E-state index >= 15 is 0 Å². The van der Waals surface area contributed by atoms with Crippen molar-refractivity contribution in [3.8, 4) is 11.5 Å². The van der Waals surface area contributed by atoms with Crippen LogP contribution >= 0.6 is 11.6 Å². The Bertz CT molecular complexity index is 484. The predicted octanol–water partition coefficient (Wildman–Crippen LogP) is 2.90. The van der Waals surface area contributed by atoms with Crippen LogP contribution in [-0.2, 0) is 4.79 Å². The number of methoxy groups -OCH3 is 2. The normalized spacial score (nSPS) is 10.8. The molecule has 1 N–H and O–H groups in total. The van der Waals surface area contributed by atoms with Gasteiger partial charge in [-0.2, -0.15) is 0 Å². The summed E-state index contributed by atoms with van der Waals surface area (Å²) >= 11 is 6.07. The summed E-state index contributed by atoms with van der Waals surface area (Å²) in [5.41, 5.74) is 0.765. The van der Waals surface area contributed by atoms with E-state index < -0.39 is 0 Å². The quantitative estimate of drug-likeness (QED) is 0.845. The molecule has 0 aliphatic rings. The Morgan fingerprint density at radius 3 is 2.53 bits per heavy atom. The van der Waals surface area contributed by atoms with E-state index in [0.29, 0.717) is 16.5 Å². The second-order valence-electron chi connectivity index (χ2n) is 4.23. The van der Waals surface area contributed by atoms with E-state index in [4.69, 9.17) is 21.1 Å². The van der Waals surface area contributed by atoms with E-state index in [-0.39, 0.29) is 11.9 Å². The van der Waals surface area contributed by atoms with Gasteiger partial charge in [0.15, 0.2) is 11.5 Å². The molecule has 0 radical (unpaired) electrons. The van der Waals surface area contributed by atoms with Crippen molar-refractivity contribution in [1.82, 2.24) is 5.32 Å². The fourth-order valence-electron chi connectivity index (χ4n) is 1.54. The topological polar surface area (TPSA) is 47.6 Å². The van der Waals surface area contributed by atoms with Crippen molar-refractivity contribution in [3.05, 3.63) is 28.8 Å². The third-order valence-corrected chi connectivity index (χ3v) is 2.59. The molecule has 1 aromatic carbocycles. The Balaban J connectivity index is 2.93. The Morgan fingerprint density at radius 1 is 1.32 bits per heavy atom. The number of ether oxygens (including phenoxy) is 2. The van der Waals surface area contributed by atoms with Crippen LogP contribution < -0.4 is 14.8 Å². The highest BCUT2D eigenvalue weighted by molar-refractivity contribution is 6.32. The van der Waals surface area contributed by atoms with E-state index in [2.05, 4.69) is 5.32 Å². The number of hydrogen-bond acceptors (Lipinski definition) is 3. The maximum atomic E-state index is 11.5. The Morgan fingerprint density at radius 2 is 2.00 bits per heavy atom. The number of amides is 1. The summed E-state index contributed by atoms with van der Waals surface area (Å²) in [6.07, 6.45) is 3.13. The van der Waals surface area contributed by atoms with Crippen LogP contribution in [0, 0.1) is 0 Å². The molecule has 1 aromatic rings. The smallest absolute Gasteiger partial charge is 0.244 e. The van der Waals surface area contributed by atoms with Crippen LogP contribution in [0.25, 0.3) is 6.08 Å². The minimum Gasteiger partial charge on any atom is -0.493 e. The molecule has 0 saturated heterocycles. The van der Waals surface area contributed by atoms with Crippen LogP contribution in [0.3, 0.4) is 0 Å². The van der Waals surface area contributed by atoms with Gasteiger partial charge in [-0.3, -0.25) is 4.79 Å². The third kappa shape index (κ3) is 4.48. The van der Waals surface area contributed by atoms with Gasteiger partial charge < -0.3 is 14.8 Å². The van der Waals surface area contributed by atoms with Crippen LogP contribution in [0.4, 0.5) is 0 Å². The second-order valence-corrected chi connectivity index (χ2v) is 4.64. The molecule has 0 atom stereocenters. The number of halogens is 1. The summed E-state index contributed by atoms with van der Waals surface area (Å²) in [4.78, 5) is 11.5. The minimum absolute atomic E-state index is 0.103. The highest BCUT2D eigenvalue weighted by Gasteiger charge is 2.09. The first-order valence-electron chi connectivity index (χ1n) is 5.88. The molecule has 19 heavy (non-hydrogen) atoms. The molecule has 0 aromatic heterocycles. The van der Waals surface area contributed by atoms with Crippen molar-refractivity contribution < 1.29 is 14.3 Å². The van der Waals surface area contributed by atoms with Crippen LogP contribution in [0.2, 0.25) is 5.02 Å². The molecular weight excluding hydrogens is 266 g/mol. The number of carbonyl (C=O) groups is 1. The zero-order valence-electron chi connectivity index (χ0n) is 11.5. The maximum absolute atomic E-state index is 11.5. The third-order valence-electron chi connectivity index (χ3n) is 2.31. The number of hydrogen-bond donors (Lipinski definition) is 1. The summed E-state index contributed by atoms with van der Waals surface area (Å²) in [5.74, 6) is 0.854. The lowest BCUT2D eigenvalue weighted by atomic mass is 10.2. The van der Waals surface area contributed by atoms with E-state index in [0.717, 1.165) is 5.56 Å². The Hall–Kier alpha value is -1.68. The first kappa shape index (κ1) is 15.4. The molecular formula is C14H18ClNO3. The van der Waals surface area contributed by atoms with E-state index in [1.54, 1.807) is 18.2 Å². The Kier molecular flexibility index (Phi) is 5.70. The van der Waals surface area contributed by atoms with Crippen LogP contribution in [-0.4, -0.2) is 26.2 Å². The van der Waals surface area contributed by atoms with Crippen LogP contribution in [0.15, 0.2) is 18.2 Å². The average Bonchev–Trinajstić information content (AvgIpc) is 2.34. The number of benzene rings is 1. The van der Waals surface area contributed by atoms with Crippen LogP contribution in [0.5, 0.6) is 11.5 Å². The SMILES string of the molecule is COc1cc(/C=C/C(=O)NC(C)C)cc(Cl)c1OC. The summed E-state index contributed by atoms with van der Waals surface area (Å²) in [6.45, 7) is 3.80. The van der Waals surface area contributed by atoms with Crippen molar-refractivity contribution in [2.45, 2.75) is 19.9 Å². The van der Waals surface area contributed by atoms with Gasteiger partial charge in [-0.1, -0.05) is 11.6 Å². The van der Waals surface area contributed by atoms with Gasteiger partial charge in [-0.05, 0) is 37.6 Å². The molecule has 0 bridgehead atoms. The monoisotopic (exact) mass is 283 g/mol. The van der Waals surface area contributed by atoms with Gasteiger partial charge in [0, 0.05) is 12.1 Å². The molecule has 104 valence electrons. The molecule has 0 fully saturated rings. The van der Waals surface area contributed by atoms with Gasteiger partial charge in [-0.15, -0.1) is 0 Å². The molecule has 0 saturated carbocycles. The second kappa shape index (κ2) is 7.04. The van der Waals surface area contributed by atoms with Gasteiger partial charge >= 0.3 is 0 Å². The molecule has 4 nitrogen and oxygen atoms in total.